The Labute approximate surface area is 98.3 Å². The van der Waals surface area contributed by atoms with Gasteiger partial charge in [-0.3, -0.25) is 0 Å². The molecule has 0 bridgehead atoms. The lowest BCUT2D eigenvalue weighted by atomic mass is 9.94. The van der Waals surface area contributed by atoms with Crippen LogP contribution in [0.25, 0.3) is 0 Å². The first kappa shape index (κ1) is 14.1. The number of hydrogen-bond donors (Lipinski definition) is 2. The quantitative estimate of drug-likeness (QED) is 0.779. The van der Waals surface area contributed by atoms with Crippen molar-refractivity contribution >= 4 is 6.03 Å². The average molecular weight is 253 g/mol. The number of amides is 2. The molecule has 0 spiro atoms. The number of nitrogens with zero attached hydrogens (tertiary/aromatic N) is 1. The average Bonchev–Trinajstić information content (AvgIpc) is 2.25. The van der Waals surface area contributed by atoms with Crippen LogP contribution in [-0.4, -0.2) is 42.8 Å². The number of alkyl halides is 3. The van der Waals surface area contributed by atoms with Crippen LogP contribution in [0.4, 0.5) is 18.0 Å². The summed E-state index contributed by atoms with van der Waals surface area (Å²) in [4.78, 5) is 13.0. The number of rotatable bonds is 2. The molecule has 3 N–H and O–H groups in total. The molecule has 0 radical (unpaired) electrons. The molecule has 1 rings (SSSR count). The molecule has 0 aliphatic carbocycles. The normalized spacial score (nSPS) is 25.8. The highest BCUT2D eigenvalue weighted by Gasteiger charge is 2.32. The molecule has 7 heteroatoms. The predicted molar refractivity (Wildman–Crippen MR) is 57.4 cm³/mol. The van der Waals surface area contributed by atoms with E-state index in [1.54, 1.807) is 0 Å². The van der Waals surface area contributed by atoms with Crippen molar-refractivity contribution in [1.82, 2.24) is 10.2 Å². The van der Waals surface area contributed by atoms with Crippen LogP contribution < -0.4 is 11.1 Å². The first-order valence-corrected chi connectivity index (χ1v) is 5.64. The fraction of sp³-hybridized carbons (Fsp3) is 0.900. The molecule has 1 fully saturated rings. The van der Waals surface area contributed by atoms with Gasteiger partial charge in [-0.25, -0.2) is 4.79 Å². The minimum absolute atomic E-state index is 0.0361. The van der Waals surface area contributed by atoms with Crippen LogP contribution in [0.3, 0.4) is 0 Å². The largest absolute Gasteiger partial charge is 0.405 e. The summed E-state index contributed by atoms with van der Waals surface area (Å²) in [6, 6.07) is -0.695. The van der Waals surface area contributed by atoms with Gasteiger partial charge in [0, 0.05) is 12.6 Å². The molecule has 1 aliphatic heterocycles. The topological polar surface area (TPSA) is 58.4 Å². The van der Waals surface area contributed by atoms with E-state index >= 15 is 0 Å². The fourth-order valence-electron chi connectivity index (χ4n) is 1.93. The molecule has 0 aromatic rings. The number of nitrogens with one attached hydrogen (secondary N) is 1. The summed E-state index contributed by atoms with van der Waals surface area (Å²) in [5.41, 5.74) is 5.52. The van der Waals surface area contributed by atoms with Crippen LogP contribution in [0.2, 0.25) is 0 Å². The third-order valence-corrected chi connectivity index (χ3v) is 3.01. The summed E-state index contributed by atoms with van der Waals surface area (Å²) < 4.78 is 35.9. The molecule has 0 aromatic heterocycles. The Hall–Kier alpha value is -0.980. The summed E-state index contributed by atoms with van der Waals surface area (Å²) >= 11 is 0. The summed E-state index contributed by atoms with van der Waals surface area (Å²) in [6.07, 6.45) is -2.68. The molecule has 0 aromatic carbocycles. The molecule has 100 valence electrons. The van der Waals surface area contributed by atoms with Crippen molar-refractivity contribution in [3.63, 3.8) is 0 Å². The maximum Gasteiger partial charge on any atom is 0.405 e. The van der Waals surface area contributed by atoms with Crippen molar-refractivity contribution < 1.29 is 18.0 Å². The van der Waals surface area contributed by atoms with Crippen molar-refractivity contribution in [1.29, 1.82) is 0 Å². The number of carbonyl (C=O) groups excluding carboxylic acids is 1. The number of carbonyl (C=O) groups is 1. The molecule has 2 atom stereocenters. The fourth-order valence-corrected chi connectivity index (χ4v) is 1.93. The minimum Gasteiger partial charge on any atom is -0.330 e. The van der Waals surface area contributed by atoms with E-state index in [1.807, 2.05) is 12.2 Å². The first-order chi connectivity index (χ1) is 7.83. The number of nitrogens with two attached hydrogens (primary N) is 1. The SMILES string of the molecule is CC1CCC(CN)CN1C(=O)NCC(F)(F)F. The summed E-state index contributed by atoms with van der Waals surface area (Å²) in [6.45, 7) is 1.43. The second-order valence-electron chi connectivity index (χ2n) is 4.45. The zero-order valence-corrected chi connectivity index (χ0v) is 9.76. The van der Waals surface area contributed by atoms with Crippen LogP contribution in [-0.2, 0) is 0 Å². The van der Waals surface area contributed by atoms with Gasteiger partial charge < -0.3 is 16.0 Å². The highest BCUT2D eigenvalue weighted by Crippen LogP contribution is 2.21. The van der Waals surface area contributed by atoms with Gasteiger partial charge in [0.15, 0.2) is 0 Å². The number of halogens is 3. The first-order valence-electron chi connectivity index (χ1n) is 5.64. The Morgan fingerprint density at radius 2 is 2.12 bits per heavy atom. The van der Waals surface area contributed by atoms with Crippen molar-refractivity contribution in [3.05, 3.63) is 0 Å². The van der Waals surface area contributed by atoms with Crippen LogP contribution >= 0.6 is 0 Å². The van der Waals surface area contributed by atoms with Crippen molar-refractivity contribution in [2.75, 3.05) is 19.6 Å². The predicted octanol–water partition coefficient (Wildman–Crippen LogP) is 1.32. The van der Waals surface area contributed by atoms with Gasteiger partial charge in [-0.15, -0.1) is 0 Å². The highest BCUT2D eigenvalue weighted by molar-refractivity contribution is 5.74. The molecule has 1 heterocycles. The molecule has 2 amide bonds. The standard InChI is InChI=1S/C10H18F3N3O/c1-7-2-3-8(4-14)5-16(7)9(17)15-6-10(11,12)13/h7-8H,2-6,14H2,1H3,(H,15,17). The lowest BCUT2D eigenvalue weighted by molar-refractivity contribution is -0.123. The maximum absolute atomic E-state index is 12.0. The maximum atomic E-state index is 12.0. The van der Waals surface area contributed by atoms with Crippen molar-refractivity contribution in [2.45, 2.75) is 32.0 Å². The smallest absolute Gasteiger partial charge is 0.330 e. The summed E-state index contributed by atoms with van der Waals surface area (Å²) in [7, 11) is 0. The van der Waals surface area contributed by atoms with E-state index in [9.17, 15) is 18.0 Å². The third-order valence-electron chi connectivity index (χ3n) is 3.01. The van der Waals surface area contributed by atoms with E-state index in [0.717, 1.165) is 12.8 Å². The zero-order valence-electron chi connectivity index (χ0n) is 9.76. The van der Waals surface area contributed by atoms with Crippen LogP contribution in [0, 0.1) is 5.92 Å². The number of hydrogen-bond acceptors (Lipinski definition) is 2. The molecule has 17 heavy (non-hydrogen) atoms. The van der Waals surface area contributed by atoms with Gasteiger partial charge in [-0.05, 0) is 32.2 Å². The van der Waals surface area contributed by atoms with E-state index in [1.165, 1.54) is 4.90 Å². The van der Waals surface area contributed by atoms with Gasteiger partial charge >= 0.3 is 12.2 Å². The van der Waals surface area contributed by atoms with E-state index in [-0.39, 0.29) is 12.0 Å². The van der Waals surface area contributed by atoms with Crippen molar-refractivity contribution in [3.8, 4) is 0 Å². The van der Waals surface area contributed by atoms with Crippen molar-refractivity contribution in [2.24, 2.45) is 11.7 Å². The van der Waals surface area contributed by atoms with E-state index in [4.69, 9.17) is 5.73 Å². The molecule has 1 saturated heterocycles. The molecule has 4 nitrogen and oxygen atoms in total. The highest BCUT2D eigenvalue weighted by atomic mass is 19.4. The lowest BCUT2D eigenvalue weighted by Crippen LogP contribution is -2.52. The van der Waals surface area contributed by atoms with Gasteiger partial charge in [-0.1, -0.05) is 0 Å². The van der Waals surface area contributed by atoms with Gasteiger partial charge in [0.05, 0.1) is 0 Å². The second kappa shape index (κ2) is 5.57. The molecule has 1 aliphatic rings. The zero-order chi connectivity index (χ0) is 13.1. The molecular weight excluding hydrogens is 235 g/mol. The van der Waals surface area contributed by atoms with Crippen LogP contribution in [0.5, 0.6) is 0 Å². The second-order valence-corrected chi connectivity index (χ2v) is 4.45. The summed E-state index contributed by atoms with van der Waals surface area (Å²) in [5.74, 6) is 0.183. The number of urea groups is 1. The van der Waals surface area contributed by atoms with E-state index < -0.39 is 18.8 Å². The molecular formula is C10H18F3N3O. The Morgan fingerprint density at radius 3 is 2.65 bits per heavy atom. The Morgan fingerprint density at radius 1 is 1.47 bits per heavy atom. The van der Waals surface area contributed by atoms with E-state index in [2.05, 4.69) is 0 Å². The monoisotopic (exact) mass is 253 g/mol. The Bertz CT molecular complexity index is 270. The van der Waals surface area contributed by atoms with Gasteiger partial charge in [0.2, 0.25) is 0 Å². The molecule has 2 unspecified atom stereocenters. The lowest BCUT2D eigenvalue weighted by Gasteiger charge is -2.37. The summed E-state index contributed by atoms with van der Waals surface area (Å²) in [5, 5.41) is 1.89. The number of likely N-dealkylation sites (tertiary alicyclic amines) is 1. The van der Waals surface area contributed by atoms with Gasteiger partial charge in [0.1, 0.15) is 6.54 Å². The van der Waals surface area contributed by atoms with Gasteiger partial charge in [-0.2, -0.15) is 13.2 Å². The van der Waals surface area contributed by atoms with Crippen LogP contribution in [0.15, 0.2) is 0 Å². The molecule has 0 saturated carbocycles. The minimum atomic E-state index is -4.37. The Balaban J connectivity index is 2.49. The van der Waals surface area contributed by atoms with Gasteiger partial charge in [0.25, 0.3) is 0 Å². The van der Waals surface area contributed by atoms with E-state index in [0.29, 0.717) is 13.1 Å². The number of piperidine rings is 1. The third kappa shape index (κ3) is 4.41. The van der Waals surface area contributed by atoms with Crippen LogP contribution in [0.1, 0.15) is 19.8 Å². The Kier molecular flexibility index (Phi) is 4.62.